The predicted molar refractivity (Wildman–Crippen MR) is 58.1 cm³/mol. The highest BCUT2D eigenvalue weighted by molar-refractivity contribution is 5.19. The highest BCUT2D eigenvalue weighted by atomic mass is 16.7. The van der Waals surface area contributed by atoms with E-state index in [2.05, 4.69) is 12.1 Å². The molecule has 1 saturated heterocycles. The van der Waals surface area contributed by atoms with Gasteiger partial charge in [0.05, 0.1) is 12.1 Å². The second-order valence-electron chi connectivity index (χ2n) is 3.95. The first kappa shape index (κ1) is 10.6. The summed E-state index contributed by atoms with van der Waals surface area (Å²) >= 11 is 0. The summed E-state index contributed by atoms with van der Waals surface area (Å²) in [5, 5.41) is 10.8. The minimum atomic E-state index is 0.158. The Morgan fingerprint density at radius 3 is 2.80 bits per heavy atom. The summed E-state index contributed by atoms with van der Waals surface area (Å²) in [7, 11) is 1.95. The molecule has 1 aromatic rings. The number of benzene rings is 1. The van der Waals surface area contributed by atoms with Gasteiger partial charge in [0.1, 0.15) is 0 Å². The van der Waals surface area contributed by atoms with E-state index >= 15 is 0 Å². The number of hydroxylamine groups is 2. The van der Waals surface area contributed by atoms with Gasteiger partial charge in [0.15, 0.2) is 0 Å². The lowest BCUT2D eigenvalue weighted by Gasteiger charge is -2.17. The summed E-state index contributed by atoms with van der Waals surface area (Å²) in [5.74, 6) is 0. The van der Waals surface area contributed by atoms with Crippen LogP contribution in [0, 0.1) is 0 Å². The Labute approximate surface area is 90.2 Å². The van der Waals surface area contributed by atoms with E-state index in [4.69, 9.17) is 9.94 Å². The van der Waals surface area contributed by atoms with E-state index in [-0.39, 0.29) is 12.7 Å². The van der Waals surface area contributed by atoms with Crippen molar-refractivity contribution in [3.05, 3.63) is 35.9 Å². The molecule has 0 spiro atoms. The largest absolute Gasteiger partial charge is 0.396 e. The molecule has 0 aliphatic carbocycles. The topological polar surface area (TPSA) is 32.7 Å². The zero-order valence-corrected chi connectivity index (χ0v) is 8.97. The lowest BCUT2D eigenvalue weighted by molar-refractivity contribution is -0.147. The predicted octanol–water partition coefficient (Wildman–Crippen LogP) is 1.75. The summed E-state index contributed by atoms with van der Waals surface area (Å²) in [4.78, 5) is 5.64. The molecule has 2 atom stereocenters. The van der Waals surface area contributed by atoms with Gasteiger partial charge in [0.2, 0.25) is 0 Å². The molecule has 1 aromatic carbocycles. The van der Waals surface area contributed by atoms with Gasteiger partial charge < -0.3 is 5.11 Å². The molecule has 0 bridgehead atoms. The Balaban J connectivity index is 2.05. The fourth-order valence-electron chi connectivity index (χ4n) is 2.08. The molecule has 82 valence electrons. The second kappa shape index (κ2) is 4.75. The van der Waals surface area contributed by atoms with Crippen LogP contribution in [0.3, 0.4) is 0 Å². The highest BCUT2D eigenvalue weighted by Gasteiger charge is 2.31. The quantitative estimate of drug-likeness (QED) is 0.819. The molecule has 3 heteroatoms. The van der Waals surface area contributed by atoms with Crippen molar-refractivity contribution < 1.29 is 9.94 Å². The fourth-order valence-corrected chi connectivity index (χ4v) is 2.08. The zero-order valence-electron chi connectivity index (χ0n) is 8.97. The van der Waals surface area contributed by atoms with Crippen LogP contribution in [0.2, 0.25) is 0 Å². The summed E-state index contributed by atoms with van der Waals surface area (Å²) in [5.41, 5.74) is 1.28. The van der Waals surface area contributed by atoms with Gasteiger partial charge in [-0.05, 0) is 18.4 Å². The first-order chi connectivity index (χ1) is 7.31. The Hall–Kier alpha value is -0.900. The van der Waals surface area contributed by atoms with Crippen molar-refractivity contribution in [3.8, 4) is 0 Å². The van der Waals surface area contributed by atoms with E-state index in [0.29, 0.717) is 12.5 Å². The molecule has 1 fully saturated rings. The molecule has 1 aliphatic rings. The van der Waals surface area contributed by atoms with Crippen molar-refractivity contribution in [2.24, 2.45) is 0 Å². The summed E-state index contributed by atoms with van der Waals surface area (Å²) in [6.45, 7) is 0.194. The summed E-state index contributed by atoms with van der Waals surface area (Å²) in [6, 6.07) is 10.7. The van der Waals surface area contributed by atoms with Crippen LogP contribution in [0.25, 0.3) is 0 Å². The van der Waals surface area contributed by atoms with E-state index in [9.17, 15) is 0 Å². The van der Waals surface area contributed by atoms with Crippen LogP contribution in [0.15, 0.2) is 30.3 Å². The van der Waals surface area contributed by atoms with Gasteiger partial charge in [0, 0.05) is 13.7 Å². The molecule has 1 N–H and O–H groups in total. The fraction of sp³-hybridized carbons (Fsp3) is 0.500. The van der Waals surface area contributed by atoms with Gasteiger partial charge >= 0.3 is 0 Å². The summed E-state index contributed by atoms with van der Waals surface area (Å²) in [6.07, 6.45) is 1.83. The molecule has 0 aromatic heterocycles. The highest BCUT2D eigenvalue weighted by Crippen LogP contribution is 2.33. The minimum absolute atomic E-state index is 0.158. The zero-order chi connectivity index (χ0) is 10.7. The Bertz CT molecular complexity index is 302. The second-order valence-corrected chi connectivity index (χ2v) is 3.95. The molecule has 0 amide bonds. The average Bonchev–Trinajstić information content (AvgIpc) is 2.61. The monoisotopic (exact) mass is 207 g/mol. The van der Waals surface area contributed by atoms with Crippen LogP contribution in [-0.2, 0) is 4.84 Å². The molecule has 3 nitrogen and oxygen atoms in total. The number of hydrogen-bond acceptors (Lipinski definition) is 3. The number of rotatable bonds is 3. The third kappa shape index (κ3) is 2.37. The van der Waals surface area contributed by atoms with E-state index in [1.54, 1.807) is 0 Å². The van der Waals surface area contributed by atoms with Crippen molar-refractivity contribution in [1.82, 2.24) is 5.06 Å². The van der Waals surface area contributed by atoms with Crippen molar-refractivity contribution >= 4 is 0 Å². The number of hydrogen-bond donors (Lipinski definition) is 1. The standard InChI is InChI=1S/C12H17NO2/c1-13-12(9-11(15-13)7-8-14)10-5-3-2-4-6-10/h2-6,11-12,14H,7-9H2,1H3/t11-,12+/m1/s1. The molecule has 0 saturated carbocycles. The van der Waals surface area contributed by atoms with Crippen LogP contribution in [0.5, 0.6) is 0 Å². The van der Waals surface area contributed by atoms with E-state index in [1.807, 2.05) is 30.3 Å². The Morgan fingerprint density at radius 2 is 2.13 bits per heavy atom. The lowest BCUT2D eigenvalue weighted by Crippen LogP contribution is -2.17. The maximum absolute atomic E-state index is 8.87. The van der Waals surface area contributed by atoms with Crippen LogP contribution in [-0.4, -0.2) is 29.9 Å². The average molecular weight is 207 g/mol. The van der Waals surface area contributed by atoms with Crippen LogP contribution < -0.4 is 0 Å². The third-order valence-corrected chi connectivity index (χ3v) is 2.88. The maximum Gasteiger partial charge on any atom is 0.0834 e. The van der Waals surface area contributed by atoms with Gasteiger partial charge in [-0.3, -0.25) is 4.84 Å². The van der Waals surface area contributed by atoms with Crippen LogP contribution in [0.4, 0.5) is 0 Å². The molecular weight excluding hydrogens is 190 g/mol. The van der Waals surface area contributed by atoms with E-state index in [1.165, 1.54) is 5.56 Å². The molecule has 1 aliphatic heterocycles. The van der Waals surface area contributed by atoms with Gasteiger partial charge in [-0.25, -0.2) is 0 Å². The minimum Gasteiger partial charge on any atom is -0.396 e. The first-order valence-electron chi connectivity index (χ1n) is 5.36. The van der Waals surface area contributed by atoms with Gasteiger partial charge in [-0.15, -0.1) is 0 Å². The molecular formula is C12H17NO2. The van der Waals surface area contributed by atoms with Crippen molar-refractivity contribution in [2.45, 2.75) is 25.0 Å². The maximum atomic E-state index is 8.87. The van der Waals surface area contributed by atoms with Gasteiger partial charge in [0.25, 0.3) is 0 Å². The van der Waals surface area contributed by atoms with Crippen LogP contribution >= 0.6 is 0 Å². The summed E-state index contributed by atoms with van der Waals surface area (Å²) < 4.78 is 0. The van der Waals surface area contributed by atoms with Crippen molar-refractivity contribution in [2.75, 3.05) is 13.7 Å². The first-order valence-corrected chi connectivity index (χ1v) is 5.36. The number of aliphatic hydroxyl groups is 1. The van der Waals surface area contributed by atoms with Crippen molar-refractivity contribution in [1.29, 1.82) is 0 Å². The van der Waals surface area contributed by atoms with E-state index in [0.717, 1.165) is 6.42 Å². The Morgan fingerprint density at radius 1 is 1.40 bits per heavy atom. The van der Waals surface area contributed by atoms with Gasteiger partial charge in [-0.1, -0.05) is 30.3 Å². The lowest BCUT2D eigenvalue weighted by atomic mass is 10.0. The molecule has 15 heavy (non-hydrogen) atoms. The molecule has 0 radical (unpaired) electrons. The third-order valence-electron chi connectivity index (χ3n) is 2.88. The molecule has 2 rings (SSSR count). The van der Waals surface area contributed by atoms with Crippen LogP contribution in [0.1, 0.15) is 24.4 Å². The number of aliphatic hydroxyl groups excluding tert-OH is 1. The van der Waals surface area contributed by atoms with E-state index < -0.39 is 0 Å². The normalized spacial score (nSPS) is 27.1. The van der Waals surface area contributed by atoms with Gasteiger partial charge in [-0.2, -0.15) is 5.06 Å². The SMILES string of the molecule is CN1O[C@H](CCO)C[C@H]1c1ccccc1. The van der Waals surface area contributed by atoms with Crippen molar-refractivity contribution in [3.63, 3.8) is 0 Å². The smallest absolute Gasteiger partial charge is 0.0834 e. The Kier molecular flexibility index (Phi) is 3.36. The molecule has 1 heterocycles. The molecule has 0 unspecified atom stereocenters. The number of nitrogens with zero attached hydrogens (tertiary/aromatic N) is 1.